The lowest BCUT2D eigenvalue weighted by molar-refractivity contribution is -0.145. The highest BCUT2D eigenvalue weighted by atomic mass is 16.3. The van der Waals surface area contributed by atoms with Crippen molar-refractivity contribution in [1.29, 1.82) is 0 Å². The van der Waals surface area contributed by atoms with Crippen LogP contribution < -0.4 is 5.73 Å². The van der Waals surface area contributed by atoms with E-state index in [0.717, 1.165) is 38.8 Å². The highest BCUT2D eigenvalue weighted by Gasteiger charge is 2.46. The van der Waals surface area contributed by atoms with E-state index in [1.54, 1.807) is 0 Å². The number of piperidine rings is 1. The number of likely N-dealkylation sites (tertiary alicyclic amines) is 1. The molecule has 2 rings (SSSR count). The maximum absolute atomic E-state index is 12.8. The third-order valence-electron chi connectivity index (χ3n) is 5.99. The lowest BCUT2D eigenvalue weighted by atomic mass is 9.60. The maximum atomic E-state index is 12.8. The van der Waals surface area contributed by atoms with Gasteiger partial charge >= 0.3 is 0 Å². The summed E-state index contributed by atoms with van der Waals surface area (Å²) in [5.41, 5.74) is 6.15. The van der Waals surface area contributed by atoms with Gasteiger partial charge in [-0.05, 0) is 42.9 Å². The summed E-state index contributed by atoms with van der Waals surface area (Å²) >= 11 is 0. The highest BCUT2D eigenvalue weighted by Crippen LogP contribution is 2.45. The lowest BCUT2D eigenvalue weighted by Crippen LogP contribution is -2.53. The van der Waals surface area contributed by atoms with Crippen LogP contribution in [0.5, 0.6) is 0 Å². The number of nitrogens with zero attached hydrogens (tertiary/aromatic N) is 1. The Morgan fingerprint density at radius 2 is 1.85 bits per heavy atom. The van der Waals surface area contributed by atoms with Crippen molar-refractivity contribution in [2.75, 3.05) is 19.7 Å². The number of amides is 1. The monoisotopic (exact) mass is 282 g/mol. The first-order valence-electron chi connectivity index (χ1n) is 8.03. The molecule has 0 aromatic carbocycles. The molecule has 4 heteroatoms. The normalized spacial score (nSPS) is 35.0. The quantitative estimate of drug-likeness (QED) is 0.809. The van der Waals surface area contributed by atoms with Crippen LogP contribution in [0.25, 0.3) is 0 Å². The maximum Gasteiger partial charge on any atom is 0.226 e. The summed E-state index contributed by atoms with van der Waals surface area (Å²) in [6.45, 7) is 8.43. The molecule has 116 valence electrons. The number of carbonyl (C=O) groups excluding carboxylic acids is 1. The Hall–Kier alpha value is -0.610. The minimum absolute atomic E-state index is 0.0252. The molecule has 1 saturated heterocycles. The van der Waals surface area contributed by atoms with Crippen LogP contribution >= 0.6 is 0 Å². The third-order valence-corrected chi connectivity index (χ3v) is 5.99. The number of hydrogen-bond donors (Lipinski definition) is 2. The fourth-order valence-electron chi connectivity index (χ4n) is 3.85. The van der Waals surface area contributed by atoms with Crippen molar-refractivity contribution in [3.63, 3.8) is 0 Å². The molecule has 0 bridgehead atoms. The van der Waals surface area contributed by atoms with Crippen molar-refractivity contribution in [3.8, 4) is 0 Å². The van der Waals surface area contributed by atoms with Crippen LogP contribution in [-0.4, -0.2) is 41.7 Å². The largest absolute Gasteiger partial charge is 0.396 e. The summed E-state index contributed by atoms with van der Waals surface area (Å²) < 4.78 is 0. The van der Waals surface area contributed by atoms with Gasteiger partial charge in [-0.15, -0.1) is 0 Å². The summed E-state index contributed by atoms with van der Waals surface area (Å²) in [6, 6.07) is 0.217. The molecule has 20 heavy (non-hydrogen) atoms. The van der Waals surface area contributed by atoms with Crippen LogP contribution in [0.1, 0.15) is 46.5 Å². The summed E-state index contributed by atoms with van der Waals surface area (Å²) in [5, 5.41) is 9.19. The Bertz CT molecular complexity index is 348. The van der Waals surface area contributed by atoms with Gasteiger partial charge < -0.3 is 15.7 Å². The number of carbonyl (C=O) groups is 1. The molecule has 0 aromatic rings. The van der Waals surface area contributed by atoms with Crippen molar-refractivity contribution in [3.05, 3.63) is 0 Å². The van der Waals surface area contributed by atoms with Crippen molar-refractivity contribution in [2.24, 2.45) is 28.9 Å². The molecule has 2 fully saturated rings. The molecule has 4 nitrogen and oxygen atoms in total. The SMILES string of the molecule is CC1C(N)CCC(C(=O)N2CCC(CO)CC2)C1(C)C. The zero-order chi connectivity index (χ0) is 14.9. The van der Waals surface area contributed by atoms with Crippen molar-refractivity contribution < 1.29 is 9.90 Å². The van der Waals surface area contributed by atoms with Crippen molar-refractivity contribution in [2.45, 2.75) is 52.5 Å². The van der Waals surface area contributed by atoms with Gasteiger partial charge in [0, 0.05) is 31.7 Å². The molecule has 1 saturated carbocycles. The van der Waals surface area contributed by atoms with Crippen LogP contribution in [0, 0.1) is 23.2 Å². The van der Waals surface area contributed by atoms with E-state index in [4.69, 9.17) is 5.73 Å². The zero-order valence-corrected chi connectivity index (χ0v) is 13.1. The second-order valence-electron chi connectivity index (χ2n) is 7.36. The molecule has 3 N–H and O–H groups in total. The predicted octanol–water partition coefficient (Wildman–Crippen LogP) is 1.62. The molecule has 0 spiro atoms. The summed E-state index contributed by atoms with van der Waals surface area (Å²) in [7, 11) is 0. The molecular weight excluding hydrogens is 252 g/mol. The molecule has 1 amide bonds. The van der Waals surface area contributed by atoms with Gasteiger partial charge in [0.15, 0.2) is 0 Å². The van der Waals surface area contributed by atoms with E-state index in [0.29, 0.717) is 17.7 Å². The molecule has 1 heterocycles. The van der Waals surface area contributed by atoms with Gasteiger partial charge in [0.25, 0.3) is 0 Å². The second-order valence-corrected chi connectivity index (χ2v) is 7.36. The first-order chi connectivity index (χ1) is 9.37. The Labute approximate surface area is 122 Å². The van der Waals surface area contributed by atoms with Gasteiger partial charge in [-0.3, -0.25) is 4.79 Å². The van der Waals surface area contributed by atoms with E-state index in [-0.39, 0.29) is 24.0 Å². The van der Waals surface area contributed by atoms with Gasteiger partial charge in [0.2, 0.25) is 5.91 Å². The predicted molar refractivity (Wildman–Crippen MR) is 80.0 cm³/mol. The van der Waals surface area contributed by atoms with Crippen molar-refractivity contribution in [1.82, 2.24) is 4.90 Å². The van der Waals surface area contributed by atoms with Gasteiger partial charge in [-0.25, -0.2) is 0 Å². The first kappa shape index (κ1) is 15.8. The first-order valence-corrected chi connectivity index (χ1v) is 8.03. The van der Waals surface area contributed by atoms with Crippen LogP contribution in [-0.2, 0) is 4.79 Å². The van der Waals surface area contributed by atoms with E-state index >= 15 is 0 Å². The molecule has 1 aliphatic carbocycles. The standard InChI is InChI=1S/C16H30N2O2/c1-11-14(17)5-4-13(16(11,2)3)15(20)18-8-6-12(10-19)7-9-18/h11-14,19H,4-10,17H2,1-3H3. The smallest absolute Gasteiger partial charge is 0.226 e. The number of aliphatic hydroxyl groups is 1. The molecule has 0 radical (unpaired) electrons. The Morgan fingerprint density at radius 3 is 2.40 bits per heavy atom. The fraction of sp³-hybridized carbons (Fsp3) is 0.938. The van der Waals surface area contributed by atoms with Crippen LogP contribution in [0.3, 0.4) is 0 Å². The van der Waals surface area contributed by atoms with E-state index < -0.39 is 0 Å². The Balaban J connectivity index is 2.02. The fourth-order valence-corrected chi connectivity index (χ4v) is 3.85. The molecular formula is C16H30N2O2. The molecule has 3 atom stereocenters. The highest BCUT2D eigenvalue weighted by molar-refractivity contribution is 5.80. The third kappa shape index (κ3) is 2.86. The van der Waals surface area contributed by atoms with E-state index in [2.05, 4.69) is 20.8 Å². The van der Waals surface area contributed by atoms with Crippen molar-refractivity contribution >= 4 is 5.91 Å². The number of aliphatic hydroxyl groups excluding tert-OH is 1. The average molecular weight is 282 g/mol. The molecule has 0 aromatic heterocycles. The minimum atomic E-state index is -0.0252. The van der Waals surface area contributed by atoms with E-state index in [9.17, 15) is 9.90 Å². The number of nitrogens with two attached hydrogens (primary N) is 1. The lowest BCUT2D eigenvalue weighted by Gasteiger charge is -2.48. The average Bonchev–Trinajstić information content (AvgIpc) is 2.44. The zero-order valence-electron chi connectivity index (χ0n) is 13.1. The number of hydrogen-bond acceptors (Lipinski definition) is 3. The number of rotatable bonds is 2. The minimum Gasteiger partial charge on any atom is -0.396 e. The second kappa shape index (κ2) is 6.02. The van der Waals surface area contributed by atoms with Crippen LogP contribution in [0.15, 0.2) is 0 Å². The van der Waals surface area contributed by atoms with E-state index in [1.807, 2.05) is 4.90 Å². The van der Waals surface area contributed by atoms with Gasteiger partial charge in [0.1, 0.15) is 0 Å². The van der Waals surface area contributed by atoms with E-state index in [1.165, 1.54) is 0 Å². The molecule has 2 aliphatic rings. The summed E-state index contributed by atoms with van der Waals surface area (Å²) in [6.07, 6.45) is 3.74. The molecule has 1 aliphatic heterocycles. The summed E-state index contributed by atoms with van der Waals surface area (Å²) in [4.78, 5) is 14.9. The van der Waals surface area contributed by atoms with Gasteiger partial charge in [-0.2, -0.15) is 0 Å². The topological polar surface area (TPSA) is 66.6 Å². The van der Waals surface area contributed by atoms with Crippen LogP contribution in [0.2, 0.25) is 0 Å². The van der Waals surface area contributed by atoms with Gasteiger partial charge in [0.05, 0.1) is 0 Å². The van der Waals surface area contributed by atoms with Gasteiger partial charge in [-0.1, -0.05) is 20.8 Å². The Kier molecular flexibility index (Phi) is 4.75. The van der Waals surface area contributed by atoms with Crippen LogP contribution in [0.4, 0.5) is 0 Å². The Morgan fingerprint density at radius 1 is 1.25 bits per heavy atom. The summed E-state index contributed by atoms with van der Waals surface area (Å²) in [5.74, 6) is 1.17. The molecule has 3 unspecified atom stereocenters.